The molecule has 4 rings (SSSR count). The first-order valence-electron chi connectivity index (χ1n) is 8.48. The molecule has 0 aliphatic rings. The van der Waals surface area contributed by atoms with E-state index in [2.05, 4.69) is 35.8 Å². The second-order valence-electron chi connectivity index (χ2n) is 6.03. The van der Waals surface area contributed by atoms with Crippen molar-refractivity contribution in [3.05, 3.63) is 83.1 Å². The summed E-state index contributed by atoms with van der Waals surface area (Å²) in [7, 11) is 0. The van der Waals surface area contributed by atoms with Gasteiger partial charge in [-0.05, 0) is 35.9 Å². The van der Waals surface area contributed by atoms with E-state index >= 15 is 0 Å². The third-order valence-corrected chi connectivity index (χ3v) is 4.91. The van der Waals surface area contributed by atoms with E-state index in [1.807, 2.05) is 42.5 Å². The fourth-order valence-electron chi connectivity index (χ4n) is 3.23. The molecule has 4 heteroatoms. The molecule has 126 valence electrons. The lowest BCUT2D eigenvalue weighted by atomic mass is 10.0. The zero-order valence-corrected chi connectivity index (χ0v) is 15.0. The van der Waals surface area contributed by atoms with Crippen LogP contribution in [0.4, 0.5) is 0 Å². The number of rotatable bonds is 3. The zero-order chi connectivity index (χ0) is 18.1. The molecule has 0 aliphatic heterocycles. The van der Waals surface area contributed by atoms with Crippen LogP contribution in [0, 0.1) is 11.3 Å². The number of hydrogen-bond acceptors (Lipinski definition) is 2. The highest BCUT2D eigenvalue weighted by molar-refractivity contribution is 6.34. The first kappa shape index (κ1) is 16.4. The molecule has 0 spiro atoms. The molecule has 0 radical (unpaired) electrons. The summed E-state index contributed by atoms with van der Waals surface area (Å²) in [4.78, 5) is 4.73. The third-order valence-electron chi connectivity index (χ3n) is 4.50. The van der Waals surface area contributed by atoms with Crippen LogP contribution in [0.5, 0.6) is 0 Å². The van der Waals surface area contributed by atoms with Gasteiger partial charge in [-0.2, -0.15) is 5.26 Å². The predicted molar refractivity (Wildman–Crippen MR) is 106 cm³/mol. The van der Waals surface area contributed by atoms with E-state index in [0.29, 0.717) is 10.6 Å². The molecule has 0 saturated heterocycles. The van der Waals surface area contributed by atoms with Crippen molar-refractivity contribution in [2.45, 2.75) is 13.3 Å². The number of fused-ring (bicyclic) bond motifs is 1. The van der Waals surface area contributed by atoms with E-state index in [0.717, 1.165) is 40.1 Å². The summed E-state index contributed by atoms with van der Waals surface area (Å²) >= 11 is 6.37. The maximum atomic E-state index is 9.17. The lowest BCUT2D eigenvalue weighted by molar-refractivity contribution is 0.908. The number of hydrogen-bond donors (Lipinski definition) is 0. The van der Waals surface area contributed by atoms with E-state index in [9.17, 15) is 5.26 Å². The number of halogens is 1. The number of nitrogens with zero attached hydrogens (tertiary/aromatic N) is 3. The van der Waals surface area contributed by atoms with Gasteiger partial charge in [0.2, 0.25) is 0 Å². The Balaban J connectivity index is 1.82. The van der Waals surface area contributed by atoms with Crippen LogP contribution in [0.15, 0.2) is 66.7 Å². The monoisotopic (exact) mass is 357 g/mol. The smallest absolute Gasteiger partial charge is 0.114 e. The Morgan fingerprint density at radius 2 is 1.77 bits per heavy atom. The van der Waals surface area contributed by atoms with Gasteiger partial charge in [0.25, 0.3) is 0 Å². The van der Waals surface area contributed by atoms with Crippen molar-refractivity contribution in [1.82, 2.24) is 9.55 Å². The fourth-order valence-corrected chi connectivity index (χ4v) is 3.51. The molecule has 26 heavy (non-hydrogen) atoms. The number of aromatic nitrogens is 2. The van der Waals surface area contributed by atoms with Crippen molar-refractivity contribution in [3.8, 4) is 22.9 Å². The zero-order valence-electron chi connectivity index (χ0n) is 14.3. The quantitative estimate of drug-likeness (QED) is 0.466. The highest BCUT2D eigenvalue weighted by atomic mass is 35.5. The van der Waals surface area contributed by atoms with Gasteiger partial charge >= 0.3 is 0 Å². The Morgan fingerprint density at radius 3 is 2.50 bits per heavy atom. The Morgan fingerprint density at radius 1 is 1.00 bits per heavy atom. The van der Waals surface area contributed by atoms with Crippen molar-refractivity contribution in [1.29, 1.82) is 5.26 Å². The maximum Gasteiger partial charge on any atom is 0.114 e. The second kappa shape index (κ2) is 6.67. The first-order chi connectivity index (χ1) is 12.7. The van der Waals surface area contributed by atoms with Gasteiger partial charge in [0.05, 0.1) is 21.6 Å². The van der Waals surface area contributed by atoms with E-state index in [1.165, 1.54) is 0 Å². The Kier molecular flexibility index (Phi) is 4.20. The average Bonchev–Trinajstić information content (AvgIpc) is 3.07. The fraction of sp³-hybridized carbons (Fsp3) is 0.0909. The SMILES string of the molecule is CCc1nc2ccccc2n1-c1ccc(-c2cccc(C#N)c2Cl)cc1. The van der Waals surface area contributed by atoms with E-state index in [1.54, 1.807) is 6.07 Å². The van der Waals surface area contributed by atoms with Crippen molar-refractivity contribution in [2.75, 3.05) is 0 Å². The van der Waals surface area contributed by atoms with Gasteiger partial charge in [0.1, 0.15) is 11.9 Å². The minimum Gasteiger partial charge on any atom is -0.296 e. The summed E-state index contributed by atoms with van der Waals surface area (Å²) in [5, 5.41) is 9.66. The number of imidazole rings is 1. The summed E-state index contributed by atoms with van der Waals surface area (Å²) in [6.45, 7) is 2.11. The summed E-state index contributed by atoms with van der Waals surface area (Å²) in [5.74, 6) is 1.03. The van der Waals surface area contributed by atoms with Gasteiger partial charge < -0.3 is 0 Å². The molecule has 4 aromatic rings. The Hall–Kier alpha value is -3.09. The van der Waals surface area contributed by atoms with Crippen LogP contribution in [0.25, 0.3) is 27.8 Å². The van der Waals surface area contributed by atoms with Crippen molar-refractivity contribution in [3.63, 3.8) is 0 Å². The molecule has 0 fully saturated rings. The minimum absolute atomic E-state index is 0.488. The summed E-state index contributed by atoms with van der Waals surface area (Å²) < 4.78 is 2.19. The molecular formula is C22H16ClN3. The Labute approximate surface area is 157 Å². The second-order valence-corrected chi connectivity index (χ2v) is 6.41. The number of para-hydroxylation sites is 2. The molecule has 1 heterocycles. The van der Waals surface area contributed by atoms with Gasteiger partial charge in [0, 0.05) is 17.7 Å². The minimum atomic E-state index is 0.488. The van der Waals surface area contributed by atoms with Gasteiger partial charge in [-0.15, -0.1) is 0 Å². The van der Waals surface area contributed by atoms with Crippen molar-refractivity contribution < 1.29 is 0 Å². The van der Waals surface area contributed by atoms with Crippen molar-refractivity contribution >= 4 is 22.6 Å². The molecule has 3 nitrogen and oxygen atoms in total. The van der Waals surface area contributed by atoms with Gasteiger partial charge in [-0.25, -0.2) is 4.98 Å². The normalized spacial score (nSPS) is 10.8. The molecule has 0 atom stereocenters. The molecule has 0 unspecified atom stereocenters. The lowest BCUT2D eigenvalue weighted by Crippen LogP contribution is -1.99. The highest BCUT2D eigenvalue weighted by Gasteiger charge is 2.12. The average molecular weight is 358 g/mol. The van der Waals surface area contributed by atoms with Crippen LogP contribution in [0.3, 0.4) is 0 Å². The summed E-state index contributed by atoms with van der Waals surface area (Å²) in [6.07, 6.45) is 0.854. The number of benzene rings is 3. The summed E-state index contributed by atoms with van der Waals surface area (Å²) in [5.41, 5.74) is 5.50. The molecule has 1 aromatic heterocycles. The van der Waals surface area contributed by atoms with Crippen LogP contribution >= 0.6 is 11.6 Å². The summed E-state index contributed by atoms with van der Waals surface area (Å²) in [6, 6.07) is 24.0. The maximum absolute atomic E-state index is 9.17. The highest BCUT2D eigenvalue weighted by Crippen LogP contribution is 2.31. The van der Waals surface area contributed by atoms with Crippen LogP contribution < -0.4 is 0 Å². The molecule has 0 N–H and O–H groups in total. The van der Waals surface area contributed by atoms with Crippen molar-refractivity contribution in [2.24, 2.45) is 0 Å². The van der Waals surface area contributed by atoms with Gasteiger partial charge in [0.15, 0.2) is 0 Å². The topological polar surface area (TPSA) is 41.6 Å². The molecule has 0 saturated carbocycles. The molecule has 0 aliphatic carbocycles. The van der Waals surface area contributed by atoms with Gasteiger partial charge in [-0.1, -0.05) is 54.9 Å². The molecular weight excluding hydrogens is 342 g/mol. The molecule has 3 aromatic carbocycles. The van der Waals surface area contributed by atoms with E-state index < -0.39 is 0 Å². The lowest BCUT2D eigenvalue weighted by Gasteiger charge is -2.10. The Bertz CT molecular complexity index is 1130. The van der Waals surface area contributed by atoms with Crippen LogP contribution in [-0.2, 0) is 6.42 Å². The van der Waals surface area contributed by atoms with E-state index in [4.69, 9.17) is 16.6 Å². The number of nitriles is 1. The largest absolute Gasteiger partial charge is 0.296 e. The van der Waals surface area contributed by atoms with Crippen LogP contribution in [-0.4, -0.2) is 9.55 Å². The first-order valence-corrected chi connectivity index (χ1v) is 8.86. The number of aryl methyl sites for hydroxylation is 1. The molecule has 0 bridgehead atoms. The van der Waals surface area contributed by atoms with Crippen LogP contribution in [0.2, 0.25) is 5.02 Å². The third kappa shape index (κ3) is 2.65. The molecule has 0 amide bonds. The predicted octanol–water partition coefficient (Wildman–Crippen LogP) is 5.78. The standard InChI is InChI=1S/C22H16ClN3/c1-2-21-25-19-8-3-4-9-20(19)26(21)17-12-10-15(11-13-17)18-7-5-6-16(14-24)22(18)23/h3-13H,2H2,1H3. The van der Waals surface area contributed by atoms with E-state index in [-0.39, 0.29) is 0 Å². The van der Waals surface area contributed by atoms with Gasteiger partial charge in [-0.3, -0.25) is 4.57 Å². The van der Waals surface area contributed by atoms with Crippen LogP contribution in [0.1, 0.15) is 18.3 Å².